The number of aromatic nitrogens is 2. The molecule has 1 unspecified atom stereocenters. The van der Waals surface area contributed by atoms with Gasteiger partial charge in [-0.25, -0.2) is 4.79 Å². The molecule has 106 valence electrons. The van der Waals surface area contributed by atoms with Crippen LogP contribution in [0.4, 0.5) is 18.0 Å². The fourth-order valence-electron chi connectivity index (χ4n) is 1.25. The number of halogens is 3. The summed E-state index contributed by atoms with van der Waals surface area (Å²) in [5.41, 5.74) is -1.09. The van der Waals surface area contributed by atoms with Crippen molar-refractivity contribution in [2.75, 3.05) is 6.54 Å². The van der Waals surface area contributed by atoms with Crippen molar-refractivity contribution < 1.29 is 22.8 Å². The molecule has 0 saturated heterocycles. The van der Waals surface area contributed by atoms with Crippen molar-refractivity contribution in [3.63, 3.8) is 0 Å². The van der Waals surface area contributed by atoms with Crippen molar-refractivity contribution in [3.8, 4) is 0 Å². The highest BCUT2D eigenvalue weighted by atomic mass is 19.4. The first-order valence-corrected chi connectivity index (χ1v) is 5.46. The molecule has 1 rings (SSSR count). The molecule has 0 bridgehead atoms. The molecule has 0 aliphatic rings. The Kier molecular flexibility index (Phi) is 4.52. The summed E-state index contributed by atoms with van der Waals surface area (Å²) in [5, 5.41) is 7.58. The van der Waals surface area contributed by atoms with Crippen molar-refractivity contribution in [2.24, 2.45) is 0 Å². The minimum atomic E-state index is -4.57. The van der Waals surface area contributed by atoms with E-state index in [2.05, 4.69) is 10.4 Å². The molecular formula is C10H13F3N4O2. The molecule has 1 aromatic heterocycles. The van der Waals surface area contributed by atoms with E-state index in [4.69, 9.17) is 0 Å². The van der Waals surface area contributed by atoms with E-state index in [9.17, 15) is 22.8 Å². The number of alkyl halides is 3. The Hall–Kier alpha value is -2.06. The number of hydrogen-bond acceptors (Lipinski definition) is 3. The number of nitrogens with one attached hydrogen (secondary N) is 2. The number of rotatable bonds is 3. The van der Waals surface area contributed by atoms with Gasteiger partial charge in [0.1, 0.15) is 6.04 Å². The molecule has 1 heterocycles. The first-order chi connectivity index (χ1) is 8.75. The Morgan fingerprint density at radius 1 is 1.47 bits per heavy atom. The number of nitrogens with zero attached hydrogens (tertiary/aromatic N) is 2. The Bertz CT molecular complexity index is 470. The average molecular weight is 278 g/mol. The Balaban J connectivity index is 2.72. The quantitative estimate of drug-likeness (QED) is 0.875. The Morgan fingerprint density at radius 3 is 2.58 bits per heavy atom. The smallest absolute Gasteiger partial charge is 0.338 e. The normalized spacial score (nSPS) is 12.9. The highest BCUT2D eigenvalue weighted by Gasteiger charge is 2.34. The SMILES string of the molecule is CCNC(=O)NC(=O)C(C)n1ccc(C(F)(F)F)n1. The van der Waals surface area contributed by atoms with Crippen LogP contribution >= 0.6 is 0 Å². The molecule has 0 aromatic carbocycles. The van der Waals surface area contributed by atoms with E-state index in [1.54, 1.807) is 6.92 Å². The van der Waals surface area contributed by atoms with Crippen molar-refractivity contribution >= 4 is 11.9 Å². The lowest BCUT2D eigenvalue weighted by Crippen LogP contribution is -2.42. The molecule has 0 aliphatic heterocycles. The van der Waals surface area contributed by atoms with E-state index in [1.165, 1.54) is 6.92 Å². The van der Waals surface area contributed by atoms with E-state index in [0.717, 1.165) is 16.9 Å². The summed E-state index contributed by atoms with van der Waals surface area (Å²) in [6.45, 7) is 3.33. The van der Waals surface area contributed by atoms with Gasteiger partial charge in [0.05, 0.1) is 0 Å². The third-order valence-electron chi connectivity index (χ3n) is 2.25. The number of carbonyl (C=O) groups excluding carboxylic acids is 2. The van der Waals surface area contributed by atoms with Crippen LogP contribution in [0.5, 0.6) is 0 Å². The summed E-state index contributed by atoms with van der Waals surface area (Å²) < 4.78 is 37.9. The summed E-state index contributed by atoms with van der Waals surface area (Å²) in [7, 11) is 0. The zero-order valence-electron chi connectivity index (χ0n) is 10.3. The maximum Gasteiger partial charge on any atom is 0.435 e. The third kappa shape index (κ3) is 3.97. The van der Waals surface area contributed by atoms with Gasteiger partial charge in [-0.3, -0.25) is 14.8 Å². The highest BCUT2D eigenvalue weighted by Crippen LogP contribution is 2.27. The van der Waals surface area contributed by atoms with Crippen molar-refractivity contribution in [1.82, 2.24) is 20.4 Å². The largest absolute Gasteiger partial charge is 0.435 e. The van der Waals surface area contributed by atoms with Crippen LogP contribution in [0.2, 0.25) is 0 Å². The van der Waals surface area contributed by atoms with E-state index in [0.29, 0.717) is 6.54 Å². The molecule has 1 aromatic rings. The van der Waals surface area contributed by atoms with Gasteiger partial charge in [0, 0.05) is 12.7 Å². The molecule has 3 amide bonds. The topological polar surface area (TPSA) is 76.0 Å². The Labute approximate surface area is 107 Å². The summed E-state index contributed by atoms with van der Waals surface area (Å²) in [4.78, 5) is 22.7. The zero-order chi connectivity index (χ0) is 14.6. The second-order valence-corrected chi connectivity index (χ2v) is 3.70. The van der Waals surface area contributed by atoms with E-state index in [-0.39, 0.29) is 0 Å². The van der Waals surface area contributed by atoms with Gasteiger partial charge in [0.15, 0.2) is 5.69 Å². The molecule has 19 heavy (non-hydrogen) atoms. The van der Waals surface area contributed by atoms with Crippen LogP contribution in [-0.4, -0.2) is 28.3 Å². The Morgan fingerprint density at radius 2 is 2.11 bits per heavy atom. The summed E-state index contributed by atoms with van der Waals surface area (Å²) >= 11 is 0. The molecule has 0 saturated carbocycles. The van der Waals surface area contributed by atoms with Crippen LogP contribution in [-0.2, 0) is 11.0 Å². The van der Waals surface area contributed by atoms with Crippen LogP contribution < -0.4 is 10.6 Å². The number of carbonyl (C=O) groups is 2. The predicted molar refractivity (Wildman–Crippen MR) is 59.2 cm³/mol. The fraction of sp³-hybridized carbons (Fsp3) is 0.500. The lowest BCUT2D eigenvalue weighted by atomic mass is 10.3. The minimum Gasteiger partial charge on any atom is -0.338 e. The molecule has 0 radical (unpaired) electrons. The third-order valence-corrected chi connectivity index (χ3v) is 2.25. The first kappa shape index (κ1) is 15.0. The van der Waals surface area contributed by atoms with Crippen LogP contribution in [0.15, 0.2) is 12.3 Å². The first-order valence-electron chi connectivity index (χ1n) is 5.46. The highest BCUT2D eigenvalue weighted by molar-refractivity contribution is 5.95. The van der Waals surface area contributed by atoms with Gasteiger partial charge in [-0.05, 0) is 19.9 Å². The molecule has 1 atom stereocenters. The molecule has 9 heteroatoms. The number of hydrogen-bond donors (Lipinski definition) is 2. The lowest BCUT2D eigenvalue weighted by Gasteiger charge is -2.12. The summed E-state index contributed by atoms with van der Waals surface area (Å²) in [5.74, 6) is -0.747. The standard InChI is InChI=1S/C10H13F3N4O2/c1-3-14-9(19)15-8(18)6(2)17-5-4-7(16-17)10(11,12)13/h4-6H,3H2,1-2H3,(H2,14,15,18,19). The van der Waals surface area contributed by atoms with Crippen LogP contribution in [0.25, 0.3) is 0 Å². The van der Waals surface area contributed by atoms with Gasteiger partial charge in [0.25, 0.3) is 5.91 Å². The van der Waals surface area contributed by atoms with E-state index >= 15 is 0 Å². The van der Waals surface area contributed by atoms with E-state index < -0.39 is 29.9 Å². The van der Waals surface area contributed by atoms with Gasteiger partial charge in [-0.15, -0.1) is 0 Å². The van der Waals surface area contributed by atoms with Gasteiger partial charge < -0.3 is 5.32 Å². The van der Waals surface area contributed by atoms with Gasteiger partial charge in [-0.2, -0.15) is 18.3 Å². The molecule has 0 aliphatic carbocycles. The van der Waals surface area contributed by atoms with Crippen LogP contribution in [0, 0.1) is 0 Å². The number of amides is 3. The predicted octanol–water partition coefficient (Wildman–Crippen LogP) is 1.31. The maximum absolute atomic E-state index is 12.3. The van der Waals surface area contributed by atoms with Gasteiger partial charge in [0.2, 0.25) is 0 Å². The second-order valence-electron chi connectivity index (χ2n) is 3.70. The maximum atomic E-state index is 12.3. The average Bonchev–Trinajstić information content (AvgIpc) is 2.76. The van der Waals surface area contributed by atoms with Crippen LogP contribution in [0.1, 0.15) is 25.6 Å². The van der Waals surface area contributed by atoms with E-state index in [1.807, 2.05) is 5.32 Å². The summed E-state index contributed by atoms with van der Waals surface area (Å²) in [6, 6.07) is -0.975. The number of imide groups is 1. The summed E-state index contributed by atoms with van der Waals surface area (Å²) in [6.07, 6.45) is -3.54. The fourth-order valence-corrected chi connectivity index (χ4v) is 1.25. The molecular weight excluding hydrogens is 265 g/mol. The second kappa shape index (κ2) is 5.72. The molecule has 2 N–H and O–H groups in total. The lowest BCUT2D eigenvalue weighted by molar-refractivity contribution is -0.142. The van der Waals surface area contributed by atoms with Crippen molar-refractivity contribution in [3.05, 3.63) is 18.0 Å². The molecule has 6 nitrogen and oxygen atoms in total. The minimum absolute atomic E-state index is 0.327. The van der Waals surface area contributed by atoms with Crippen LogP contribution in [0.3, 0.4) is 0 Å². The van der Waals surface area contributed by atoms with Gasteiger partial charge >= 0.3 is 12.2 Å². The van der Waals surface area contributed by atoms with Crippen molar-refractivity contribution in [1.29, 1.82) is 0 Å². The molecule has 0 fully saturated rings. The monoisotopic (exact) mass is 278 g/mol. The zero-order valence-corrected chi connectivity index (χ0v) is 10.3. The van der Waals surface area contributed by atoms with Gasteiger partial charge in [-0.1, -0.05) is 0 Å². The van der Waals surface area contributed by atoms with Crippen molar-refractivity contribution in [2.45, 2.75) is 26.1 Å². The number of urea groups is 1. The molecule has 0 spiro atoms.